The molecule has 0 saturated heterocycles. The van der Waals surface area contributed by atoms with E-state index in [9.17, 15) is 4.79 Å². The highest BCUT2D eigenvalue weighted by Gasteiger charge is 2.24. The lowest BCUT2D eigenvalue weighted by atomic mass is 10.1. The Hall–Kier alpha value is -2.95. The Morgan fingerprint density at radius 1 is 1.00 bits per heavy atom. The number of carbonyl (C=O) groups is 1. The molecule has 0 unspecified atom stereocenters. The molecule has 1 aromatic heterocycles. The zero-order valence-electron chi connectivity index (χ0n) is 13.3. The van der Waals surface area contributed by atoms with Gasteiger partial charge in [0.15, 0.2) is 5.69 Å². The number of rotatable bonds is 3. The van der Waals surface area contributed by atoms with Gasteiger partial charge in [0.05, 0.1) is 12.8 Å². The van der Waals surface area contributed by atoms with Gasteiger partial charge in [0.25, 0.3) is 0 Å². The van der Waals surface area contributed by atoms with Crippen molar-refractivity contribution in [2.75, 3.05) is 7.11 Å². The number of aryl methyl sites for hydroxylation is 2. The van der Waals surface area contributed by atoms with Gasteiger partial charge >= 0.3 is 5.97 Å². The van der Waals surface area contributed by atoms with Crippen LogP contribution in [0.3, 0.4) is 0 Å². The fourth-order valence-electron chi connectivity index (χ4n) is 2.65. The van der Waals surface area contributed by atoms with Crippen molar-refractivity contribution in [1.82, 2.24) is 15.0 Å². The molecule has 0 aliphatic carbocycles. The topological polar surface area (TPSA) is 57.0 Å². The first-order valence-electron chi connectivity index (χ1n) is 7.29. The molecule has 0 aliphatic heterocycles. The molecule has 5 nitrogen and oxygen atoms in total. The second-order valence-electron chi connectivity index (χ2n) is 5.30. The summed E-state index contributed by atoms with van der Waals surface area (Å²) in [6.45, 7) is 3.96. The summed E-state index contributed by atoms with van der Waals surface area (Å²) in [5.41, 5.74) is 4.54. The minimum absolute atomic E-state index is 0.330. The molecule has 0 amide bonds. The first-order chi connectivity index (χ1) is 11.1. The summed E-state index contributed by atoms with van der Waals surface area (Å²) >= 11 is 0. The van der Waals surface area contributed by atoms with Gasteiger partial charge in [-0.3, -0.25) is 0 Å². The monoisotopic (exact) mass is 307 g/mol. The third kappa shape index (κ3) is 2.61. The molecule has 3 aromatic rings. The predicted octanol–water partition coefficient (Wildman–Crippen LogP) is 3.34. The van der Waals surface area contributed by atoms with Crippen LogP contribution < -0.4 is 0 Å². The van der Waals surface area contributed by atoms with Crippen LogP contribution in [-0.4, -0.2) is 28.1 Å². The van der Waals surface area contributed by atoms with E-state index in [1.165, 1.54) is 7.11 Å². The number of hydrogen-bond donors (Lipinski definition) is 0. The molecule has 0 fully saturated rings. The summed E-state index contributed by atoms with van der Waals surface area (Å²) in [7, 11) is 1.36. The molecule has 3 rings (SSSR count). The number of aromatic nitrogens is 3. The first kappa shape index (κ1) is 15.0. The van der Waals surface area contributed by atoms with Crippen molar-refractivity contribution in [3.8, 4) is 16.9 Å². The molecule has 0 spiro atoms. The van der Waals surface area contributed by atoms with Gasteiger partial charge in [-0.2, -0.15) is 0 Å². The van der Waals surface area contributed by atoms with Gasteiger partial charge in [-0.05, 0) is 25.0 Å². The average Bonchev–Trinajstić information content (AvgIpc) is 2.99. The molecule has 0 radical (unpaired) electrons. The van der Waals surface area contributed by atoms with Crippen LogP contribution in [0.15, 0.2) is 48.5 Å². The van der Waals surface area contributed by atoms with Crippen LogP contribution in [0.5, 0.6) is 0 Å². The molecule has 0 bridgehead atoms. The van der Waals surface area contributed by atoms with E-state index in [-0.39, 0.29) is 0 Å². The number of nitrogens with zero attached hydrogens (tertiary/aromatic N) is 3. The molecule has 1 heterocycles. The molecule has 2 aromatic carbocycles. The fraction of sp³-hybridized carbons (Fsp3) is 0.167. The van der Waals surface area contributed by atoms with Crippen LogP contribution in [0, 0.1) is 13.8 Å². The van der Waals surface area contributed by atoms with Crippen molar-refractivity contribution >= 4 is 5.97 Å². The first-order valence-corrected chi connectivity index (χ1v) is 7.29. The second kappa shape index (κ2) is 6.04. The summed E-state index contributed by atoms with van der Waals surface area (Å²) in [4.78, 5) is 12.4. The SMILES string of the molecule is COC(=O)c1c(-c2ccccc2)nnn1-c1c(C)cccc1C. The Bertz CT molecular complexity index is 834. The summed E-state index contributed by atoms with van der Waals surface area (Å²) in [6, 6.07) is 15.4. The summed E-state index contributed by atoms with van der Waals surface area (Å²) in [5.74, 6) is -0.462. The number of hydrogen-bond acceptors (Lipinski definition) is 4. The fourth-order valence-corrected chi connectivity index (χ4v) is 2.65. The molecule has 0 saturated carbocycles. The van der Waals surface area contributed by atoms with Crippen molar-refractivity contribution in [2.24, 2.45) is 0 Å². The number of para-hydroxylation sites is 1. The lowest BCUT2D eigenvalue weighted by Gasteiger charge is -2.11. The van der Waals surface area contributed by atoms with Crippen molar-refractivity contribution in [3.63, 3.8) is 0 Å². The van der Waals surface area contributed by atoms with Gasteiger partial charge in [0, 0.05) is 5.56 Å². The van der Waals surface area contributed by atoms with E-state index in [0.29, 0.717) is 11.4 Å². The maximum atomic E-state index is 12.4. The third-order valence-electron chi connectivity index (χ3n) is 3.75. The van der Waals surface area contributed by atoms with Crippen molar-refractivity contribution in [3.05, 3.63) is 65.4 Å². The predicted molar refractivity (Wildman–Crippen MR) is 87.6 cm³/mol. The van der Waals surface area contributed by atoms with Gasteiger partial charge < -0.3 is 4.74 Å². The van der Waals surface area contributed by atoms with Crippen LogP contribution in [0.1, 0.15) is 21.6 Å². The van der Waals surface area contributed by atoms with Crippen molar-refractivity contribution in [2.45, 2.75) is 13.8 Å². The molecular formula is C18H17N3O2. The lowest BCUT2D eigenvalue weighted by molar-refractivity contribution is 0.0591. The van der Waals surface area contributed by atoms with E-state index in [1.807, 2.05) is 62.4 Å². The molecule has 5 heteroatoms. The van der Waals surface area contributed by atoms with E-state index in [2.05, 4.69) is 10.3 Å². The Kier molecular flexibility index (Phi) is 3.93. The third-order valence-corrected chi connectivity index (χ3v) is 3.75. The summed E-state index contributed by atoms with van der Waals surface area (Å²) in [5, 5.41) is 8.45. The standard InChI is InChI=1S/C18H17N3O2/c1-12-8-7-9-13(2)16(12)21-17(18(22)23-3)15(19-20-21)14-10-5-4-6-11-14/h4-11H,1-3H3. The van der Waals surface area contributed by atoms with E-state index in [0.717, 1.165) is 22.4 Å². The van der Waals surface area contributed by atoms with Gasteiger partial charge in [-0.25, -0.2) is 9.48 Å². The molecule has 0 aliphatic rings. The van der Waals surface area contributed by atoms with E-state index < -0.39 is 5.97 Å². The normalized spacial score (nSPS) is 10.6. The quantitative estimate of drug-likeness (QED) is 0.696. The summed E-state index contributed by atoms with van der Waals surface area (Å²) < 4.78 is 6.53. The Morgan fingerprint density at radius 2 is 1.65 bits per heavy atom. The van der Waals surface area contributed by atoms with Gasteiger partial charge in [0.2, 0.25) is 0 Å². The van der Waals surface area contributed by atoms with Crippen LogP contribution in [0.2, 0.25) is 0 Å². The second-order valence-corrected chi connectivity index (χ2v) is 5.30. The lowest BCUT2D eigenvalue weighted by Crippen LogP contribution is -2.13. The van der Waals surface area contributed by atoms with Gasteiger partial charge in [-0.15, -0.1) is 5.10 Å². The molecule has 116 valence electrons. The largest absolute Gasteiger partial charge is 0.464 e. The van der Waals surface area contributed by atoms with E-state index in [1.54, 1.807) is 4.68 Å². The van der Waals surface area contributed by atoms with Crippen LogP contribution >= 0.6 is 0 Å². The Labute approximate surface area is 134 Å². The minimum Gasteiger partial charge on any atom is -0.464 e. The highest BCUT2D eigenvalue weighted by atomic mass is 16.5. The number of benzene rings is 2. The summed E-state index contributed by atoms with van der Waals surface area (Å²) in [6.07, 6.45) is 0. The van der Waals surface area contributed by atoms with Crippen molar-refractivity contribution < 1.29 is 9.53 Å². The molecule has 23 heavy (non-hydrogen) atoms. The van der Waals surface area contributed by atoms with Gasteiger partial charge in [0.1, 0.15) is 5.69 Å². The van der Waals surface area contributed by atoms with Crippen molar-refractivity contribution in [1.29, 1.82) is 0 Å². The van der Waals surface area contributed by atoms with Crippen LogP contribution in [-0.2, 0) is 4.74 Å². The smallest absolute Gasteiger partial charge is 0.359 e. The molecular weight excluding hydrogens is 290 g/mol. The zero-order chi connectivity index (χ0) is 16.4. The molecule has 0 N–H and O–H groups in total. The number of methoxy groups -OCH3 is 1. The molecule has 0 atom stereocenters. The number of esters is 1. The van der Waals surface area contributed by atoms with E-state index in [4.69, 9.17) is 4.74 Å². The van der Waals surface area contributed by atoms with E-state index >= 15 is 0 Å². The highest BCUT2D eigenvalue weighted by Crippen LogP contribution is 2.26. The zero-order valence-corrected chi connectivity index (χ0v) is 13.3. The van der Waals surface area contributed by atoms with Crippen LogP contribution in [0.4, 0.5) is 0 Å². The maximum Gasteiger partial charge on any atom is 0.359 e. The highest BCUT2D eigenvalue weighted by molar-refractivity contribution is 5.95. The minimum atomic E-state index is -0.462. The Morgan fingerprint density at radius 3 is 2.26 bits per heavy atom. The van der Waals surface area contributed by atoms with Gasteiger partial charge in [-0.1, -0.05) is 53.7 Å². The number of carbonyl (C=O) groups excluding carboxylic acids is 1. The van der Waals surface area contributed by atoms with Crippen LogP contribution in [0.25, 0.3) is 16.9 Å². The Balaban J connectivity index is 2.27. The average molecular weight is 307 g/mol. The number of ether oxygens (including phenoxy) is 1. The maximum absolute atomic E-state index is 12.4.